The van der Waals surface area contributed by atoms with E-state index in [9.17, 15) is 13.2 Å². The number of hydrogen-bond acceptors (Lipinski definition) is 5. The average molecular weight is 378 g/mol. The van der Waals surface area contributed by atoms with Crippen LogP contribution in [0.3, 0.4) is 0 Å². The largest absolute Gasteiger partial charge is 0.416 e. The van der Waals surface area contributed by atoms with E-state index in [1.165, 1.54) is 6.07 Å². The van der Waals surface area contributed by atoms with Gasteiger partial charge in [-0.05, 0) is 24.6 Å². The van der Waals surface area contributed by atoms with Crippen LogP contribution in [0, 0.1) is 0 Å². The molecule has 0 amide bonds. The van der Waals surface area contributed by atoms with Crippen LogP contribution in [0.2, 0.25) is 0 Å². The van der Waals surface area contributed by atoms with Gasteiger partial charge in [-0.1, -0.05) is 6.07 Å². The Labute approximate surface area is 152 Å². The first-order chi connectivity index (χ1) is 12.5. The van der Waals surface area contributed by atoms with E-state index in [0.29, 0.717) is 5.52 Å². The van der Waals surface area contributed by atoms with Gasteiger partial charge >= 0.3 is 6.18 Å². The van der Waals surface area contributed by atoms with Gasteiger partial charge in [0.1, 0.15) is 0 Å². The maximum Gasteiger partial charge on any atom is 0.416 e. The fourth-order valence-corrected chi connectivity index (χ4v) is 4.00. The molecule has 0 N–H and O–H groups in total. The first-order valence-electron chi connectivity index (χ1n) is 8.38. The van der Waals surface area contributed by atoms with E-state index < -0.39 is 11.7 Å². The van der Waals surface area contributed by atoms with E-state index in [2.05, 4.69) is 19.8 Å². The second-order valence-corrected chi connectivity index (χ2v) is 7.08. The lowest BCUT2D eigenvalue weighted by molar-refractivity contribution is -0.137. The van der Waals surface area contributed by atoms with Gasteiger partial charge < -0.3 is 9.80 Å². The van der Waals surface area contributed by atoms with Crippen molar-refractivity contribution in [1.82, 2.24) is 9.97 Å². The lowest BCUT2D eigenvalue weighted by Gasteiger charge is -2.25. The molecule has 2 aromatic heterocycles. The number of pyridine rings is 1. The molecule has 4 rings (SSSR count). The normalized spacial score (nSPS) is 16.1. The number of hydrogen-bond donors (Lipinski definition) is 0. The van der Waals surface area contributed by atoms with Crippen molar-refractivity contribution in [2.45, 2.75) is 12.6 Å². The van der Waals surface area contributed by atoms with Crippen LogP contribution in [0.1, 0.15) is 12.0 Å². The van der Waals surface area contributed by atoms with Crippen molar-refractivity contribution < 1.29 is 13.2 Å². The monoisotopic (exact) mass is 378 g/mol. The van der Waals surface area contributed by atoms with E-state index >= 15 is 0 Å². The average Bonchev–Trinajstić information content (AvgIpc) is 3.05. The summed E-state index contributed by atoms with van der Waals surface area (Å²) in [5.74, 6) is 0. The van der Waals surface area contributed by atoms with Crippen LogP contribution >= 0.6 is 11.3 Å². The molecule has 8 heteroatoms. The number of fused-ring (bicyclic) bond motifs is 1. The van der Waals surface area contributed by atoms with E-state index in [4.69, 9.17) is 0 Å². The summed E-state index contributed by atoms with van der Waals surface area (Å²) in [6, 6.07) is 5.67. The van der Waals surface area contributed by atoms with E-state index in [-0.39, 0.29) is 0 Å². The highest BCUT2D eigenvalue weighted by atomic mass is 32.1. The van der Waals surface area contributed by atoms with Gasteiger partial charge in [0.2, 0.25) is 0 Å². The summed E-state index contributed by atoms with van der Waals surface area (Å²) in [5.41, 5.74) is 0.642. The maximum absolute atomic E-state index is 13.0. The molecular formula is C18H17F3N4S. The Morgan fingerprint density at radius 1 is 0.923 bits per heavy atom. The molecule has 0 atom stereocenters. The van der Waals surface area contributed by atoms with Gasteiger partial charge in [-0.3, -0.25) is 4.98 Å². The van der Waals surface area contributed by atoms with Gasteiger partial charge in [-0.15, -0.1) is 11.3 Å². The topological polar surface area (TPSA) is 32.3 Å². The number of thiazole rings is 1. The third-order valence-electron chi connectivity index (χ3n) is 4.57. The third kappa shape index (κ3) is 3.33. The van der Waals surface area contributed by atoms with Gasteiger partial charge in [-0.2, -0.15) is 13.2 Å². The van der Waals surface area contributed by atoms with Crippen molar-refractivity contribution in [2.24, 2.45) is 0 Å². The minimum absolute atomic E-state index is 0.373. The highest BCUT2D eigenvalue weighted by Gasteiger charge is 2.31. The molecule has 0 bridgehead atoms. The van der Waals surface area contributed by atoms with Gasteiger partial charge in [0.05, 0.1) is 11.1 Å². The van der Waals surface area contributed by atoms with Crippen LogP contribution in [-0.4, -0.2) is 36.1 Å². The van der Waals surface area contributed by atoms with Crippen molar-refractivity contribution in [1.29, 1.82) is 0 Å². The van der Waals surface area contributed by atoms with Crippen molar-refractivity contribution in [3.63, 3.8) is 0 Å². The molecule has 1 aliphatic heterocycles. The fraction of sp³-hybridized carbons (Fsp3) is 0.333. The molecule has 1 saturated heterocycles. The minimum Gasteiger partial charge on any atom is -0.369 e. The van der Waals surface area contributed by atoms with Gasteiger partial charge in [0.15, 0.2) is 5.13 Å². The van der Waals surface area contributed by atoms with Crippen LogP contribution in [0.15, 0.2) is 42.0 Å². The molecule has 1 aliphatic rings. The third-order valence-corrected chi connectivity index (χ3v) is 5.41. The highest BCUT2D eigenvalue weighted by Crippen LogP contribution is 2.34. The van der Waals surface area contributed by atoms with E-state index in [1.54, 1.807) is 23.7 Å². The molecule has 0 radical (unpaired) electrons. The lowest BCUT2D eigenvalue weighted by Crippen LogP contribution is -2.30. The summed E-state index contributed by atoms with van der Waals surface area (Å²) in [7, 11) is 0. The van der Waals surface area contributed by atoms with Crippen LogP contribution in [0.5, 0.6) is 0 Å². The summed E-state index contributed by atoms with van der Waals surface area (Å²) in [4.78, 5) is 13.0. The molecule has 26 heavy (non-hydrogen) atoms. The van der Waals surface area contributed by atoms with Crippen molar-refractivity contribution in [3.8, 4) is 0 Å². The Hall–Kier alpha value is -2.35. The van der Waals surface area contributed by atoms with E-state index in [1.807, 2.05) is 11.4 Å². The highest BCUT2D eigenvalue weighted by molar-refractivity contribution is 7.13. The zero-order valence-electron chi connectivity index (χ0n) is 13.9. The summed E-state index contributed by atoms with van der Waals surface area (Å²) < 4.78 is 38.9. The summed E-state index contributed by atoms with van der Waals surface area (Å²) in [6.45, 7) is 3.39. The zero-order chi connectivity index (χ0) is 18.1. The Morgan fingerprint density at radius 3 is 2.50 bits per heavy atom. The number of benzene rings is 1. The minimum atomic E-state index is -4.36. The second kappa shape index (κ2) is 6.75. The van der Waals surface area contributed by atoms with Crippen LogP contribution in [-0.2, 0) is 6.18 Å². The lowest BCUT2D eigenvalue weighted by atomic mass is 10.1. The molecule has 0 unspecified atom stereocenters. The number of halogens is 3. The quantitative estimate of drug-likeness (QED) is 0.661. The molecule has 0 aliphatic carbocycles. The van der Waals surface area contributed by atoms with Crippen molar-refractivity contribution in [2.75, 3.05) is 36.0 Å². The molecule has 0 saturated carbocycles. The second-order valence-electron chi connectivity index (χ2n) is 6.20. The molecule has 0 spiro atoms. The molecule has 4 nitrogen and oxygen atoms in total. The van der Waals surface area contributed by atoms with E-state index in [0.717, 1.165) is 60.9 Å². The zero-order valence-corrected chi connectivity index (χ0v) is 14.7. The Kier molecular flexibility index (Phi) is 4.44. The SMILES string of the molecule is FC(F)(F)c1ccc2c(N3CCCN(c4nccs4)CC3)ccnc2c1. The van der Waals surface area contributed by atoms with Crippen molar-refractivity contribution >= 4 is 33.1 Å². The fourth-order valence-electron chi connectivity index (χ4n) is 3.31. The molecule has 3 heterocycles. The first-order valence-corrected chi connectivity index (χ1v) is 9.26. The number of rotatable bonds is 2. The summed E-state index contributed by atoms with van der Waals surface area (Å²) in [6.07, 6.45) is -0.00864. The molecule has 1 fully saturated rings. The number of anilines is 2. The molecule has 136 valence electrons. The Balaban J connectivity index is 1.62. The summed E-state index contributed by atoms with van der Waals surface area (Å²) >= 11 is 1.62. The van der Waals surface area contributed by atoms with Crippen LogP contribution in [0.25, 0.3) is 10.9 Å². The number of nitrogens with zero attached hydrogens (tertiary/aromatic N) is 4. The van der Waals surface area contributed by atoms with Crippen LogP contribution < -0.4 is 9.80 Å². The molecule has 3 aromatic rings. The van der Waals surface area contributed by atoms with Crippen LogP contribution in [0.4, 0.5) is 24.0 Å². The predicted molar refractivity (Wildman–Crippen MR) is 97.9 cm³/mol. The van der Waals surface area contributed by atoms with Gasteiger partial charge in [-0.25, -0.2) is 4.98 Å². The van der Waals surface area contributed by atoms with Gasteiger partial charge in [0.25, 0.3) is 0 Å². The summed E-state index contributed by atoms with van der Waals surface area (Å²) in [5, 5.41) is 3.73. The predicted octanol–water partition coefficient (Wildman–Crippen LogP) is 4.43. The molecule has 1 aromatic carbocycles. The number of alkyl halides is 3. The van der Waals surface area contributed by atoms with Crippen molar-refractivity contribution in [3.05, 3.63) is 47.6 Å². The molecular weight excluding hydrogens is 361 g/mol. The Morgan fingerprint density at radius 2 is 1.73 bits per heavy atom. The Bertz CT molecular complexity index is 895. The van der Waals surface area contributed by atoms with Gasteiger partial charge in [0, 0.05) is 55.0 Å². The standard InChI is InChI=1S/C18H17F3N4S/c19-18(20,21)13-2-3-14-15(12-13)22-5-4-16(14)24-7-1-8-25(10-9-24)17-23-6-11-26-17/h2-6,11-12H,1,7-10H2. The first kappa shape index (κ1) is 17.1. The smallest absolute Gasteiger partial charge is 0.369 e. The maximum atomic E-state index is 13.0. The number of aromatic nitrogens is 2.